The lowest BCUT2D eigenvalue weighted by Gasteiger charge is -2.35. The van der Waals surface area contributed by atoms with E-state index in [1.54, 1.807) is 0 Å². The zero-order valence-corrected chi connectivity index (χ0v) is 11.3. The first-order valence-electron chi connectivity index (χ1n) is 6.13. The third kappa shape index (κ3) is 2.84. The molecule has 2 atom stereocenters. The number of hydrogen-bond acceptors (Lipinski definition) is 3. The Hall–Kier alpha value is -0.380. The first kappa shape index (κ1) is 12.1. The van der Waals surface area contributed by atoms with Gasteiger partial charge in [0.15, 0.2) is 0 Å². The molecule has 0 aliphatic carbocycles. The van der Waals surface area contributed by atoms with Crippen LogP contribution in [0.3, 0.4) is 0 Å². The van der Waals surface area contributed by atoms with E-state index in [2.05, 4.69) is 42.6 Å². The molecule has 1 fully saturated rings. The SMILES string of the molecule is Cc1ccsc1CNC1CCN(C)C(C)C1. The largest absolute Gasteiger partial charge is 0.309 e. The molecule has 2 heterocycles. The van der Waals surface area contributed by atoms with E-state index < -0.39 is 0 Å². The number of nitrogens with zero attached hydrogens (tertiary/aromatic N) is 1. The standard InChI is InChI=1S/C13H22N2S/c1-10-5-7-16-13(10)9-14-12-4-6-15(3)11(2)8-12/h5,7,11-12,14H,4,6,8-9H2,1-3H3. The Morgan fingerprint density at radius 2 is 2.38 bits per heavy atom. The molecule has 0 amide bonds. The van der Waals surface area contributed by atoms with Crippen molar-refractivity contribution in [3.05, 3.63) is 21.9 Å². The number of nitrogens with one attached hydrogen (secondary N) is 1. The van der Waals surface area contributed by atoms with Gasteiger partial charge in [0, 0.05) is 23.5 Å². The summed E-state index contributed by atoms with van der Waals surface area (Å²) >= 11 is 1.87. The number of thiophene rings is 1. The summed E-state index contributed by atoms with van der Waals surface area (Å²) in [7, 11) is 2.23. The topological polar surface area (TPSA) is 15.3 Å². The third-order valence-corrected chi connectivity index (χ3v) is 4.75. The van der Waals surface area contributed by atoms with Crippen molar-refractivity contribution in [3.63, 3.8) is 0 Å². The summed E-state index contributed by atoms with van der Waals surface area (Å²) < 4.78 is 0. The zero-order chi connectivity index (χ0) is 11.5. The van der Waals surface area contributed by atoms with Crippen LogP contribution in [0.25, 0.3) is 0 Å². The number of piperidine rings is 1. The van der Waals surface area contributed by atoms with E-state index in [0.717, 1.165) is 12.6 Å². The van der Waals surface area contributed by atoms with Gasteiger partial charge in [0.2, 0.25) is 0 Å². The first-order chi connectivity index (χ1) is 7.66. The van der Waals surface area contributed by atoms with Crippen molar-refractivity contribution in [2.75, 3.05) is 13.6 Å². The predicted molar refractivity (Wildman–Crippen MR) is 71.0 cm³/mol. The van der Waals surface area contributed by atoms with Crippen LogP contribution in [0.4, 0.5) is 0 Å². The van der Waals surface area contributed by atoms with Gasteiger partial charge in [-0.2, -0.15) is 0 Å². The lowest BCUT2D eigenvalue weighted by Crippen LogP contribution is -2.45. The summed E-state index contributed by atoms with van der Waals surface area (Å²) in [4.78, 5) is 3.95. The predicted octanol–water partition coefficient (Wildman–Crippen LogP) is 2.63. The molecule has 0 spiro atoms. The molecule has 0 radical (unpaired) electrons. The van der Waals surface area contributed by atoms with Crippen LogP contribution in [-0.4, -0.2) is 30.6 Å². The Bertz CT molecular complexity index is 334. The molecule has 1 N–H and O–H groups in total. The quantitative estimate of drug-likeness (QED) is 0.871. The van der Waals surface area contributed by atoms with Crippen molar-refractivity contribution in [2.24, 2.45) is 0 Å². The monoisotopic (exact) mass is 238 g/mol. The molecule has 1 aromatic heterocycles. The summed E-state index contributed by atoms with van der Waals surface area (Å²) in [5, 5.41) is 5.88. The smallest absolute Gasteiger partial charge is 0.0304 e. The Morgan fingerprint density at radius 1 is 1.56 bits per heavy atom. The minimum Gasteiger partial charge on any atom is -0.309 e. The zero-order valence-electron chi connectivity index (χ0n) is 10.5. The van der Waals surface area contributed by atoms with Crippen LogP contribution < -0.4 is 5.32 Å². The van der Waals surface area contributed by atoms with Crippen LogP contribution in [0.1, 0.15) is 30.2 Å². The van der Waals surface area contributed by atoms with Gasteiger partial charge >= 0.3 is 0 Å². The number of rotatable bonds is 3. The average molecular weight is 238 g/mol. The average Bonchev–Trinajstić information content (AvgIpc) is 2.66. The van der Waals surface area contributed by atoms with Gasteiger partial charge in [-0.3, -0.25) is 0 Å². The minimum atomic E-state index is 0.702. The van der Waals surface area contributed by atoms with Crippen molar-refractivity contribution in [2.45, 2.75) is 45.3 Å². The van der Waals surface area contributed by atoms with Gasteiger partial charge in [-0.1, -0.05) is 0 Å². The van der Waals surface area contributed by atoms with Gasteiger partial charge in [-0.15, -0.1) is 11.3 Å². The lowest BCUT2D eigenvalue weighted by molar-refractivity contribution is 0.168. The molecular weight excluding hydrogens is 216 g/mol. The lowest BCUT2D eigenvalue weighted by atomic mass is 9.99. The van der Waals surface area contributed by atoms with E-state index in [4.69, 9.17) is 0 Å². The maximum absolute atomic E-state index is 3.70. The van der Waals surface area contributed by atoms with E-state index in [9.17, 15) is 0 Å². The Labute approximate surface area is 103 Å². The van der Waals surface area contributed by atoms with Crippen LogP contribution >= 0.6 is 11.3 Å². The second-order valence-electron chi connectivity index (χ2n) is 4.96. The maximum atomic E-state index is 3.70. The molecule has 2 nitrogen and oxygen atoms in total. The maximum Gasteiger partial charge on any atom is 0.0304 e. The van der Waals surface area contributed by atoms with Crippen molar-refractivity contribution in [1.29, 1.82) is 0 Å². The molecule has 90 valence electrons. The van der Waals surface area contributed by atoms with Gasteiger partial charge in [0.05, 0.1) is 0 Å². The van der Waals surface area contributed by atoms with Gasteiger partial charge in [0.1, 0.15) is 0 Å². The molecule has 0 saturated carbocycles. The van der Waals surface area contributed by atoms with Crippen LogP contribution in [-0.2, 0) is 6.54 Å². The Kier molecular flexibility index (Phi) is 4.00. The van der Waals surface area contributed by atoms with E-state index in [0.29, 0.717) is 6.04 Å². The van der Waals surface area contributed by atoms with E-state index >= 15 is 0 Å². The minimum absolute atomic E-state index is 0.702. The molecule has 0 bridgehead atoms. The summed E-state index contributed by atoms with van der Waals surface area (Å²) in [6.07, 6.45) is 2.56. The first-order valence-corrected chi connectivity index (χ1v) is 7.01. The highest BCUT2D eigenvalue weighted by Gasteiger charge is 2.22. The normalized spacial score (nSPS) is 27.2. The molecule has 1 aromatic rings. The molecule has 2 unspecified atom stereocenters. The number of aryl methyl sites for hydroxylation is 1. The molecule has 1 saturated heterocycles. The number of likely N-dealkylation sites (tertiary alicyclic amines) is 1. The van der Waals surface area contributed by atoms with Crippen LogP contribution in [0.2, 0.25) is 0 Å². The number of hydrogen-bond donors (Lipinski definition) is 1. The highest BCUT2D eigenvalue weighted by molar-refractivity contribution is 7.10. The van der Waals surface area contributed by atoms with Gasteiger partial charge in [0.25, 0.3) is 0 Å². The van der Waals surface area contributed by atoms with Crippen molar-refractivity contribution in [1.82, 2.24) is 10.2 Å². The molecule has 0 aromatic carbocycles. The second-order valence-corrected chi connectivity index (χ2v) is 5.96. The highest BCUT2D eigenvalue weighted by atomic mass is 32.1. The molecule has 1 aliphatic rings. The third-order valence-electron chi connectivity index (χ3n) is 3.73. The molecule has 1 aliphatic heterocycles. The van der Waals surface area contributed by atoms with Gasteiger partial charge in [-0.05, 0) is 57.3 Å². The summed E-state index contributed by atoms with van der Waals surface area (Å²) in [6, 6.07) is 3.63. The fourth-order valence-electron chi connectivity index (χ4n) is 2.30. The second kappa shape index (κ2) is 5.30. The van der Waals surface area contributed by atoms with Crippen LogP contribution in [0, 0.1) is 6.92 Å². The van der Waals surface area contributed by atoms with E-state index in [1.807, 2.05) is 11.3 Å². The summed E-state index contributed by atoms with van der Waals surface area (Å²) in [5.41, 5.74) is 1.43. The molecule has 2 rings (SSSR count). The van der Waals surface area contributed by atoms with E-state index in [-0.39, 0.29) is 0 Å². The van der Waals surface area contributed by atoms with Gasteiger partial charge < -0.3 is 10.2 Å². The molecular formula is C13H22N2S. The molecule has 16 heavy (non-hydrogen) atoms. The van der Waals surface area contributed by atoms with E-state index in [1.165, 1.54) is 29.8 Å². The summed E-state index contributed by atoms with van der Waals surface area (Å²) in [6.45, 7) is 6.79. The van der Waals surface area contributed by atoms with Crippen LogP contribution in [0.5, 0.6) is 0 Å². The fourth-order valence-corrected chi connectivity index (χ4v) is 3.15. The fraction of sp³-hybridized carbons (Fsp3) is 0.692. The van der Waals surface area contributed by atoms with Crippen molar-refractivity contribution in [3.8, 4) is 0 Å². The van der Waals surface area contributed by atoms with Crippen molar-refractivity contribution >= 4 is 11.3 Å². The Balaban J connectivity index is 1.81. The van der Waals surface area contributed by atoms with Crippen molar-refractivity contribution < 1.29 is 0 Å². The Morgan fingerprint density at radius 3 is 3.00 bits per heavy atom. The van der Waals surface area contributed by atoms with Gasteiger partial charge in [-0.25, -0.2) is 0 Å². The van der Waals surface area contributed by atoms with Crippen LogP contribution in [0.15, 0.2) is 11.4 Å². The summed E-state index contributed by atoms with van der Waals surface area (Å²) in [5.74, 6) is 0. The molecule has 3 heteroatoms. The highest BCUT2D eigenvalue weighted by Crippen LogP contribution is 2.18.